The van der Waals surface area contributed by atoms with Crippen LogP contribution in [0.4, 0.5) is 0 Å². The largest absolute Gasteiger partial charge is 0.488 e. The van der Waals surface area contributed by atoms with Gasteiger partial charge in [0.05, 0.1) is 17.9 Å². The van der Waals surface area contributed by atoms with Crippen molar-refractivity contribution < 1.29 is 9.47 Å². The third kappa shape index (κ3) is 2.71. The molecule has 0 aromatic carbocycles. The predicted octanol–water partition coefficient (Wildman–Crippen LogP) is 1.90. The smallest absolute Gasteiger partial charge is 0.155 e. The third-order valence-corrected chi connectivity index (χ3v) is 2.60. The summed E-state index contributed by atoms with van der Waals surface area (Å²) in [5.41, 5.74) is 0.519. The summed E-state index contributed by atoms with van der Waals surface area (Å²) in [7, 11) is 0. The van der Waals surface area contributed by atoms with Crippen LogP contribution in [0.2, 0.25) is 0 Å². The third-order valence-electron chi connectivity index (χ3n) is 2.60. The minimum Gasteiger partial charge on any atom is -0.488 e. The van der Waals surface area contributed by atoms with Gasteiger partial charge in [-0.05, 0) is 25.3 Å². The van der Waals surface area contributed by atoms with E-state index < -0.39 is 0 Å². The van der Waals surface area contributed by atoms with Gasteiger partial charge in [-0.1, -0.05) is 0 Å². The van der Waals surface area contributed by atoms with E-state index in [0.29, 0.717) is 17.9 Å². The van der Waals surface area contributed by atoms with Gasteiger partial charge in [0.1, 0.15) is 12.7 Å². The Morgan fingerprint density at radius 2 is 2.50 bits per heavy atom. The summed E-state index contributed by atoms with van der Waals surface area (Å²) in [5, 5.41) is 8.87. The van der Waals surface area contributed by atoms with Crippen LogP contribution in [0.15, 0.2) is 18.5 Å². The van der Waals surface area contributed by atoms with Crippen LogP contribution in [0, 0.1) is 11.3 Å². The first-order chi connectivity index (χ1) is 7.90. The molecule has 1 aliphatic heterocycles. The van der Waals surface area contributed by atoms with Crippen molar-refractivity contribution in [2.24, 2.45) is 0 Å². The van der Waals surface area contributed by atoms with Crippen molar-refractivity contribution in [2.75, 3.05) is 13.2 Å². The van der Waals surface area contributed by atoms with Crippen molar-refractivity contribution in [1.82, 2.24) is 4.98 Å². The highest BCUT2D eigenvalue weighted by atomic mass is 16.5. The lowest BCUT2D eigenvalue weighted by Gasteiger charge is -2.22. The molecule has 2 rings (SSSR count). The zero-order valence-corrected chi connectivity index (χ0v) is 9.06. The number of hydrogen-bond donors (Lipinski definition) is 0. The van der Waals surface area contributed by atoms with Crippen LogP contribution in [0.25, 0.3) is 0 Å². The van der Waals surface area contributed by atoms with Crippen molar-refractivity contribution in [3.8, 4) is 11.8 Å². The Kier molecular flexibility index (Phi) is 3.73. The molecule has 1 aromatic heterocycles. The van der Waals surface area contributed by atoms with E-state index in [0.717, 1.165) is 19.4 Å². The van der Waals surface area contributed by atoms with E-state index in [-0.39, 0.29) is 6.10 Å². The second-order valence-electron chi connectivity index (χ2n) is 3.78. The van der Waals surface area contributed by atoms with Crippen LogP contribution >= 0.6 is 0 Å². The van der Waals surface area contributed by atoms with Gasteiger partial charge in [-0.15, -0.1) is 0 Å². The van der Waals surface area contributed by atoms with Crippen molar-refractivity contribution in [3.05, 3.63) is 24.0 Å². The van der Waals surface area contributed by atoms with Crippen molar-refractivity contribution in [2.45, 2.75) is 25.4 Å². The Hall–Kier alpha value is -1.60. The topological polar surface area (TPSA) is 55.1 Å². The quantitative estimate of drug-likeness (QED) is 0.777. The van der Waals surface area contributed by atoms with Crippen LogP contribution in [0.1, 0.15) is 24.8 Å². The van der Waals surface area contributed by atoms with Gasteiger partial charge in [-0.2, -0.15) is 5.26 Å². The molecule has 0 amide bonds. The fraction of sp³-hybridized carbons (Fsp3) is 0.500. The summed E-state index contributed by atoms with van der Waals surface area (Å²) in [6, 6.07) is 3.73. The summed E-state index contributed by atoms with van der Waals surface area (Å²) in [6.45, 7) is 1.31. The van der Waals surface area contributed by atoms with Gasteiger partial charge in [0.2, 0.25) is 0 Å². The van der Waals surface area contributed by atoms with Crippen molar-refractivity contribution >= 4 is 0 Å². The number of nitriles is 1. The molecule has 0 bridgehead atoms. The fourth-order valence-electron chi connectivity index (χ4n) is 1.71. The summed E-state index contributed by atoms with van der Waals surface area (Å²) in [4.78, 5) is 3.94. The highest BCUT2D eigenvalue weighted by Gasteiger charge is 2.15. The van der Waals surface area contributed by atoms with Crippen LogP contribution in [0.5, 0.6) is 5.75 Å². The van der Waals surface area contributed by atoms with E-state index in [2.05, 4.69) is 11.1 Å². The number of aromatic nitrogens is 1. The fourth-order valence-corrected chi connectivity index (χ4v) is 1.71. The molecule has 1 aromatic rings. The van der Waals surface area contributed by atoms with Gasteiger partial charge in [-0.25, -0.2) is 0 Å². The van der Waals surface area contributed by atoms with Crippen LogP contribution in [-0.2, 0) is 4.74 Å². The molecule has 1 fully saturated rings. The highest BCUT2D eigenvalue weighted by molar-refractivity contribution is 5.40. The Balaban J connectivity index is 1.91. The molecule has 2 heterocycles. The lowest BCUT2D eigenvalue weighted by Crippen LogP contribution is -2.25. The summed E-state index contributed by atoms with van der Waals surface area (Å²) < 4.78 is 11.1. The molecule has 0 N–H and O–H groups in total. The molecule has 16 heavy (non-hydrogen) atoms. The van der Waals surface area contributed by atoms with Gasteiger partial charge in [0.15, 0.2) is 5.75 Å². The molecule has 0 unspecified atom stereocenters. The maximum Gasteiger partial charge on any atom is 0.155 e. The molecule has 0 radical (unpaired) electrons. The minimum absolute atomic E-state index is 0.153. The van der Waals surface area contributed by atoms with E-state index in [1.165, 1.54) is 6.42 Å². The van der Waals surface area contributed by atoms with E-state index >= 15 is 0 Å². The maximum absolute atomic E-state index is 8.87. The minimum atomic E-state index is 0.153. The second kappa shape index (κ2) is 5.47. The number of nitrogens with zero attached hydrogens (tertiary/aromatic N) is 2. The summed E-state index contributed by atoms with van der Waals surface area (Å²) in [5.74, 6) is 0.541. The lowest BCUT2D eigenvalue weighted by atomic mass is 10.1. The maximum atomic E-state index is 8.87. The Morgan fingerprint density at radius 1 is 1.56 bits per heavy atom. The molecule has 1 saturated heterocycles. The zero-order chi connectivity index (χ0) is 11.2. The monoisotopic (exact) mass is 218 g/mol. The van der Waals surface area contributed by atoms with Crippen LogP contribution in [-0.4, -0.2) is 24.3 Å². The molecule has 4 heteroatoms. The zero-order valence-electron chi connectivity index (χ0n) is 9.06. The average molecular weight is 218 g/mol. The number of hydrogen-bond acceptors (Lipinski definition) is 4. The molecule has 84 valence electrons. The first-order valence-corrected chi connectivity index (χ1v) is 5.48. The molecule has 1 aliphatic rings. The SMILES string of the molecule is N#Cc1ccncc1OC[C@@H]1CCCCO1. The van der Waals surface area contributed by atoms with E-state index in [4.69, 9.17) is 14.7 Å². The normalized spacial score (nSPS) is 20.1. The predicted molar refractivity (Wildman–Crippen MR) is 58.0 cm³/mol. The Bertz CT molecular complexity index is 381. The lowest BCUT2D eigenvalue weighted by molar-refractivity contribution is -0.0111. The molecule has 1 atom stereocenters. The molecule has 0 aliphatic carbocycles. The van der Waals surface area contributed by atoms with Gasteiger partial charge in [0.25, 0.3) is 0 Å². The molecule has 0 spiro atoms. The average Bonchev–Trinajstić information content (AvgIpc) is 2.38. The Morgan fingerprint density at radius 3 is 3.25 bits per heavy atom. The summed E-state index contributed by atoms with van der Waals surface area (Å²) >= 11 is 0. The van der Waals surface area contributed by atoms with Gasteiger partial charge in [0, 0.05) is 12.8 Å². The van der Waals surface area contributed by atoms with Gasteiger partial charge in [-0.3, -0.25) is 4.98 Å². The van der Waals surface area contributed by atoms with Crippen LogP contribution < -0.4 is 4.74 Å². The molecular formula is C12H14N2O2. The molecule has 4 nitrogen and oxygen atoms in total. The molecular weight excluding hydrogens is 204 g/mol. The first-order valence-electron chi connectivity index (χ1n) is 5.48. The van der Waals surface area contributed by atoms with Crippen molar-refractivity contribution in [3.63, 3.8) is 0 Å². The van der Waals surface area contributed by atoms with E-state index in [1.807, 2.05) is 0 Å². The number of rotatable bonds is 3. The van der Waals surface area contributed by atoms with Gasteiger partial charge < -0.3 is 9.47 Å². The van der Waals surface area contributed by atoms with E-state index in [9.17, 15) is 0 Å². The first kappa shape index (κ1) is 10.9. The van der Waals surface area contributed by atoms with E-state index in [1.54, 1.807) is 18.5 Å². The number of pyridine rings is 1. The second-order valence-corrected chi connectivity index (χ2v) is 3.78. The standard InChI is InChI=1S/C12H14N2O2/c13-7-10-4-5-14-8-12(10)16-9-11-3-1-2-6-15-11/h4-5,8,11H,1-3,6,9H2/t11-/m0/s1. The number of ether oxygens (including phenoxy) is 2. The molecule has 0 saturated carbocycles. The summed E-state index contributed by atoms with van der Waals surface area (Å²) in [6.07, 6.45) is 6.66. The highest BCUT2D eigenvalue weighted by Crippen LogP contribution is 2.18. The van der Waals surface area contributed by atoms with Gasteiger partial charge >= 0.3 is 0 Å². The van der Waals surface area contributed by atoms with Crippen LogP contribution in [0.3, 0.4) is 0 Å². The Labute approximate surface area is 94.8 Å². The van der Waals surface area contributed by atoms with Crippen molar-refractivity contribution in [1.29, 1.82) is 5.26 Å².